The molecule has 32 heavy (non-hydrogen) atoms. The van der Waals surface area contributed by atoms with Gasteiger partial charge in [-0.25, -0.2) is 4.79 Å². The van der Waals surface area contributed by atoms with Gasteiger partial charge in [0.15, 0.2) is 11.5 Å². The van der Waals surface area contributed by atoms with Crippen LogP contribution in [0.5, 0.6) is 17.2 Å². The molecule has 1 aliphatic rings. The van der Waals surface area contributed by atoms with E-state index in [1.807, 2.05) is 30.3 Å². The average molecular weight is 442 g/mol. The molecule has 4 nitrogen and oxygen atoms in total. The second-order valence-electron chi connectivity index (χ2n) is 7.58. The summed E-state index contributed by atoms with van der Waals surface area (Å²) in [5.74, 6) is -1.04. The maximum atomic E-state index is 13.0. The highest BCUT2D eigenvalue weighted by Gasteiger charge is 2.40. The zero-order valence-electron chi connectivity index (χ0n) is 17.1. The van der Waals surface area contributed by atoms with E-state index in [0.717, 1.165) is 24.5 Å². The van der Waals surface area contributed by atoms with Crippen molar-refractivity contribution < 1.29 is 32.2 Å². The molecule has 166 valence electrons. The van der Waals surface area contributed by atoms with E-state index in [1.165, 1.54) is 12.1 Å². The molecule has 3 aromatic carbocycles. The van der Waals surface area contributed by atoms with Crippen LogP contribution in [-0.2, 0) is 5.60 Å². The van der Waals surface area contributed by atoms with Crippen molar-refractivity contribution in [3.8, 4) is 17.2 Å². The van der Waals surface area contributed by atoms with Crippen LogP contribution in [0.25, 0.3) is 0 Å². The van der Waals surface area contributed by atoms with Crippen molar-refractivity contribution >= 4 is 5.97 Å². The minimum Gasteiger partial charge on any atom is -0.479 e. The predicted octanol–water partition coefficient (Wildman–Crippen LogP) is 6.65. The van der Waals surface area contributed by atoms with E-state index >= 15 is 0 Å². The van der Waals surface area contributed by atoms with Crippen molar-refractivity contribution in [1.29, 1.82) is 0 Å². The number of carbonyl (C=O) groups excluding carboxylic acids is 1. The summed E-state index contributed by atoms with van der Waals surface area (Å²) in [6.45, 7) is 0. The van der Waals surface area contributed by atoms with Crippen molar-refractivity contribution in [2.75, 3.05) is 0 Å². The number of para-hydroxylation sites is 1. The number of ether oxygens (including phenoxy) is 3. The molecule has 0 spiro atoms. The molecule has 0 bridgehead atoms. The highest BCUT2D eigenvalue weighted by atomic mass is 19.4. The number of esters is 1. The molecule has 0 aliphatic heterocycles. The molecular weight excluding hydrogens is 421 g/mol. The van der Waals surface area contributed by atoms with Gasteiger partial charge in [-0.3, -0.25) is 0 Å². The lowest BCUT2D eigenvalue weighted by molar-refractivity contribution is -0.275. The molecule has 3 aromatic rings. The van der Waals surface area contributed by atoms with Gasteiger partial charge < -0.3 is 14.2 Å². The molecule has 4 rings (SSSR count). The Balaban J connectivity index is 1.69. The number of halogens is 3. The van der Waals surface area contributed by atoms with Crippen LogP contribution in [0, 0.1) is 0 Å². The van der Waals surface area contributed by atoms with E-state index in [1.54, 1.807) is 30.3 Å². The number of alkyl halides is 3. The Bertz CT molecular complexity index is 1060. The van der Waals surface area contributed by atoms with Crippen molar-refractivity contribution in [3.05, 3.63) is 90.0 Å². The highest BCUT2D eigenvalue weighted by Crippen LogP contribution is 2.45. The standard InChI is InChI=1S/C25H21F3O4/c26-25(27,28)32-21-14-13-18(23(29)30-20-11-5-2-6-12-20)17-22(21)31-24(15-7-8-16-24)19-9-3-1-4-10-19/h1-6,9-14,17H,7-8,15-16H2. The zero-order valence-corrected chi connectivity index (χ0v) is 17.1. The van der Waals surface area contributed by atoms with Crippen LogP contribution in [0.15, 0.2) is 78.9 Å². The summed E-state index contributed by atoms with van der Waals surface area (Å²) in [5.41, 5.74) is 0.125. The molecule has 0 N–H and O–H groups in total. The first kappa shape index (κ1) is 21.7. The highest BCUT2D eigenvalue weighted by molar-refractivity contribution is 5.91. The van der Waals surface area contributed by atoms with Gasteiger partial charge in [0, 0.05) is 0 Å². The van der Waals surface area contributed by atoms with Crippen LogP contribution in [-0.4, -0.2) is 12.3 Å². The summed E-state index contributed by atoms with van der Waals surface area (Å²) in [4.78, 5) is 12.6. The molecule has 0 amide bonds. The van der Waals surface area contributed by atoms with Gasteiger partial charge in [0.05, 0.1) is 5.56 Å². The minimum atomic E-state index is -4.90. The summed E-state index contributed by atoms with van der Waals surface area (Å²) in [7, 11) is 0. The number of carbonyl (C=O) groups is 1. The van der Waals surface area contributed by atoms with E-state index in [9.17, 15) is 18.0 Å². The summed E-state index contributed by atoms with van der Waals surface area (Å²) < 4.78 is 54.8. The number of benzene rings is 3. The van der Waals surface area contributed by atoms with E-state index in [4.69, 9.17) is 9.47 Å². The second-order valence-corrected chi connectivity index (χ2v) is 7.58. The monoisotopic (exact) mass is 442 g/mol. The van der Waals surface area contributed by atoms with E-state index in [-0.39, 0.29) is 11.3 Å². The Hall–Kier alpha value is -3.48. The Kier molecular flexibility index (Phi) is 6.08. The van der Waals surface area contributed by atoms with Gasteiger partial charge in [0.2, 0.25) is 0 Å². The molecular formula is C25H21F3O4. The topological polar surface area (TPSA) is 44.8 Å². The van der Waals surface area contributed by atoms with Crippen molar-refractivity contribution in [3.63, 3.8) is 0 Å². The third-order valence-electron chi connectivity index (χ3n) is 5.38. The summed E-state index contributed by atoms with van der Waals surface area (Å²) >= 11 is 0. The maximum Gasteiger partial charge on any atom is 0.573 e. The lowest BCUT2D eigenvalue weighted by Crippen LogP contribution is -2.30. The Morgan fingerprint density at radius 1 is 0.812 bits per heavy atom. The smallest absolute Gasteiger partial charge is 0.479 e. The number of hydrogen-bond donors (Lipinski definition) is 0. The zero-order chi connectivity index (χ0) is 22.6. The fraction of sp³-hybridized carbons (Fsp3) is 0.240. The van der Waals surface area contributed by atoms with Crippen LogP contribution in [0.2, 0.25) is 0 Å². The molecule has 0 aromatic heterocycles. The summed E-state index contributed by atoms with van der Waals surface area (Å²) in [6, 6.07) is 21.3. The van der Waals surface area contributed by atoms with Gasteiger partial charge in [-0.05, 0) is 61.6 Å². The van der Waals surface area contributed by atoms with Gasteiger partial charge in [0.25, 0.3) is 0 Å². The Morgan fingerprint density at radius 2 is 1.44 bits per heavy atom. The quantitative estimate of drug-likeness (QED) is 0.317. The second kappa shape index (κ2) is 8.94. The van der Waals surface area contributed by atoms with Crippen LogP contribution in [0.4, 0.5) is 13.2 Å². The van der Waals surface area contributed by atoms with Gasteiger partial charge in [-0.15, -0.1) is 13.2 Å². The van der Waals surface area contributed by atoms with Crippen molar-refractivity contribution in [2.45, 2.75) is 37.6 Å². The van der Waals surface area contributed by atoms with Crippen LogP contribution in [0.1, 0.15) is 41.6 Å². The Labute approximate surface area is 183 Å². The third kappa shape index (κ3) is 5.04. The molecule has 0 heterocycles. The van der Waals surface area contributed by atoms with Crippen LogP contribution >= 0.6 is 0 Å². The fourth-order valence-electron chi connectivity index (χ4n) is 3.93. The van der Waals surface area contributed by atoms with Gasteiger partial charge in [-0.2, -0.15) is 0 Å². The summed E-state index contributed by atoms with van der Waals surface area (Å²) in [6.07, 6.45) is -1.87. The number of hydrogen-bond acceptors (Lipinski definition) is 4. The van der Waals surface area contributed by atoms with Crippen LogP contribution in [0.3, 0.4) is 0 Å². The lowest BCUT2D eigenvalue weighted by Gasteiger charge is -2.32. The lowest BCUT2D eigenvalue weighted by atomic mass is 9.92. The molecule has 0 atom stereocenters. The van der Waals surface area contributed by atoms with Crippen molar-refractivity contribution in [1.82, 2.24) is 0 Å². The van der Waals surface area contributed by atoms with Crippen molar-refractivity contribution in [2.24, 2.45) is 0 Å². The van der Waals surface area contributed by atoms with Gasteiger partial charge >= 0.3 is 12.3 Å². The largest absolute Gasteiger partial charge is 0.573 e. The first-order chi connectivity index (χ1) is 15.3. The molecule has 0 radical (unpaired) electrons. The normalized spacial score (nSPS) is 15.2. The first-order valence-corrected chi connectivity index (χ1v) is 10.3. The molecule has 0 unspecified atom stereocenters. The van der Waals surface area contributed by atoms with Gasteiger partial charge in [-0.1, -0.05) is 48.5 Å². The molecule has 1 aliphatic carbocycles. The number of rotatable bonds is 6. The molecule has 1 saturated carbocycles. The maximum absolute atomic E-state index is 13.0. The average Bonchev–Trinajstić information content (AvgIpc) is 3.25. The van der Waals surface area contributed by atoms with E-state index in [2.05, 4.69) is 4.74 Å². The minimum absolute atomic E-state index is 0.0552. The molecule has 0 saturated heterocycles. The Morgan fingerprint density at radius 3 is 2.06 bits per heavy atom. The summed E-state index contributed by atoms with van der Waals surface area (Å²) in [5, 5.41) is 0. The van der Waals surface area contributed by atoms with E-state index in [0.29, 0.717) is 18.6 Å². The van der Waals surface area contributed by atoms with Gasteiger partial charge in [0.1, 0.15) is 11.4 Å². The molecule has 1 fully saturated rings. The van der Waals surface area contributed by atoms with E-state index < -0.39 is 23.7 Å². The fourth-order valence-corrected chi connectivity index (χ4v) is 3.93. The molecule has 7 heteroatoms. The SMILES string of the molecule is O=C(Oc1ccccc1)c1ccc(OC(F)(F)F)c(OC2(c3ccccc3)CCCC2)c1. The predicted molar refractivity (Wildman–Crippen MR) is 112 cm³/mol. The van der Waals surface area contributed by atoms with Crippen LogP contribution < -0.4 is 14.2 Å². The third-order valence-corrected chi connectivity index (χ3v) is 5.38. The first-order valence-electron chi connectivity index (χ1n) is 10.3.